The number of rotatable bonds is 2. The van der Waals surface area contributed by atoms with E-state index < -0.39 is 0 Å². The lowest BCUT2D eigenvalue weighted by Gasteiger charge is -1.96. The van der Waals surface area contributed by atoms with Crippen molar-refractivity contribution >= 4 is 11.4 Å². The number of hydrogen-bond acceptors (Lipinski definition) is 4. The van der Waals surface area contributed by atoms with Crippen molar-refractivity contribution in [3.63, 3.8) is 0 Å². The molecule has 0 saturated heterocycles. The van der Waals surface area contributed by atoms with E-state index in [1.165, 1.54) is 0 Å². The number of hydrazine groups is 1. The number of benzene rings is 1. The normalized spacial score (nSPS) is 8.90. The van der Waals surface area contributed by atoms with Crippen LogP contribution in [0.5, 0.6) is 0 Å². The second-order valence-electron chi connectivity index (χ2n) is 1.80. The minimum atomic E-state index is 0.624. The van der Waals surface area contributed by atoms with Gasteiger partial charge in [0.05, 0.1) is 5.69 Å². The molecule has 0 aliphatic rings. The van der Waals surface area contributed by atoms with Crippen LogP contribution in [-0.2, 0) is 0 Å². The van der Waals surface area contributed by atoms with E-state index in [4.69, 9.17) is 11.4 Å². The molecule has 1 rings (SSSR count). The molecule has 0 unspecified atom stereocenters. The molecule has 0 spiro atoms. The molecular formula is C6H8N4. The van der Waals surface area contributed by atoms with Gasteiger partial charge >= 0.3 is 0 Å². The summed E-state index contributed by atoms with van der Waals surface area (Å²) in [6, 6.07) is 6.94. The lowest BCUT2D eigenvalue weighted by atomic mass is 10.3. The van der Waals surface area contributed by atoms with Crippen molar-refractivity contribution in [2.75, 3.05) is 5.43 Å². The highest BCUT2D eigenvalue weighted by molar-refractivity contribution is 5.49. The molecule has 0 fully saturated rings. The van der Waals surface area contributed by atoms with Crippen molar-refractivity contribution in [1.82, 2.24) is 0 Å². The molecule has 52 valence electrons. The summed E-state index contributed by atoms with van der Waals surface area (Å²) in [5, 5.41) is 3.23. The van der Waals surface area contributed by atoms with Gasteiger partial charge in [-0.15, -0.1) is 0 Å². The fraction of sp³-hybridized carbons (Fsp3) is 0. The van der Waals surface area contributed by atoms with Gasteiger partial charge in [0.1, 0.15) is 0 Å². The Labute approximate surface area is 58.5 Å². The zero-order valence-corrected chi connectivity index (χ0v) is 5.33. The molecule has 1 aromatic rings. The minimum Gasteiger partial charge on any atom is -0.324 e. The Morgan fingerprint density at radius 3 is 2.30 bits per heavy atom. The minimum absolute atomic E-state index is 0.624. The van der Waals surface area contributed by atoms with E-state index in [0.717, 1.165) is 5.69 Å². The van der Waals surface area contributed by atoms with E-state index in [2.05, 4.69) is 10.5 Å². The van der Waals surface area contributed by atoms with Crippen molar-refractivity contribution < 1.29 is 0 Å². The van der Waals surface area contributed by atoms with E-state index >= 15 is 0 Å². The Hall–Kier alpha value is -1.42. The highest BCUT2D eigenvalue weighted by Gasteiger charge is 1.87. The smallest absolute Gasteiger partial charge is 0.0851 e. The molecule has 4 heteroatoms. The van der Waals surface area contributed by atoms with Gasteiger partial charge in [0.2, 0.25) is 0 Å². The Morgan fingerprint density at radius 1 is 1.30 bits per heavy atom. The van der Waals surface area contributed by atoms with Crippen LogP contribution in [0.15, 0.2) is 29.4 Å². The van der Waals surface area contributed by atoms with Gasteiger partial charge in [0.25, 0.3) is 0 Å². The number of anilines is 1. The molecule has 0 atom stereocenters. The fourth-order valence-electron chi connectivity index (χ4n) is 0.632. The first-order chi connectivity index (χ1) is 4.86. The quantitative estimate of drug-likeness (QED) is 0.328. The van der Waals surface area contributed by atoms with Crippen LogP contribution in [0.25, 0.3) is 0 Å². The van der Waals surface area contributed by atoms with Gasteiger partial charge < -0.3 is 5.43 Å². The number of nitrogen functional groups attached to an aromatic ring is 1. The highest BCUT2D eigenvalue weighted by Crippen LogP contribution is 2.14. The van der Waals surface area contributed by atoms with Gasteiger partial charge in [-0.3, -0.25) is 5.84 Å². The zero-order chi connectivity index (χ0) is 7.40. The molecule has 4 nitrogen and oxygen atoms in total. The van der Waals surface area contributed by atoms with Gasteiger partial charge in [-0.2, -0.15) is 5.11 Å². The first-order valence-corrected chi connectivity index (χ1v) is 2.81. The van der Waals surface area contributed by atoms with Gasteiger partial charge in [0.15, 0.2) is 0 Å². The summed E-state index contributed by atoms with van der Waals surface area (Å²) in [6.07, 6.45) is 0. The summed E-state index contributed by atoms with van der Waals surface area (Å²) >= 11 is 0. The lowest BCUT2D eigenvalue weighted by molar-refractivity contribution is 1.15. The molecule has 0 radical (unpaired) electrons. The average molecular weight is 136 g/mol. The van der Waals surface area contributed by atoms with Gasteiger partial charge in [0, 0.05) is 5.69 Å². The maximum absolute atomic E-state index is 6.64. The van der Waals surface area contributed by atoms with Crippen LogP contribution in [0.1, 0.15) is 0 Å². The molecular weight excluding hydrogens is 128 g/mol. The van der Waals surface area contributed by atoms with Crippen LogP contribution in [0.2, 0.25) is 0 Å². The molecule has 0 heterocycles. The highest BCUT2D eigenvalue weighted by atomic mass is 15.2. The maximum atomic E-state index is 6.64. The van der Waals surface area contributed by atoms with Crippen LogP contribution in [0.3, 0.4) is 0 Å². The number of nitrogens with zero attached hydrogens (tertiary/aromatic N) is 1. The first-order valence-electron chi connectivity index (χ1n) is 2.81. The third-order valence-corrected chi connectivity index (χ3v) is 1.16. The van der Waals surface area contributed by atoms with Crippen molar-refractivity contribution in [3.05, 3.63) is 24.3 Å². The summed E-state index contributed by atoms with van der Waals surface area (Å²) in [6.45, 7) is 0. The van der Waals surface area contributed by atoms with Crippen molar-refractivity contribution in [3.8, 4) is 0 Å². The molecule has 10 heavy (non-hydrogen) atoms. The van der Waals surface area contributed by atoms with Gasteiger partial charge in [-0.25, -0.2) is 5.53 Å². The van der Waals surface area contributed by atoms with Crippen LogP contribution < -0.4 is 11.3 Å². The largest absolute Gasteiger partial charge is 0.324 e. The Kier molecular flexibility index (Phi) is 1.96. The monoisotopic (exact) mass is 136 g/mol. The number of nitrogens with one attached hydrogen (secondary N) is 2. The number of nitrogens with two attached hydrogens (primary N) is 1. The molecule has 0 aliphatic carbocycles. The van der Waals surface area contributed by atoms with Crippen molar-refractivity contribution in [2.45, 2.75) is 0 Å². The third-order valence-electron chi connectivity index (χ3n) is 1.16. The topological polar surface area (TPSA) is 74.3 Å². The van der Waals surface area contributed by atoms with E-state index in [9.17, 15) is 0 Å². The van der Waals surface area contributed by atoms with E-state index in [-0.39, 0.29) is 0 Å². The summed E-state index contributed by atoms with van der Waals surface area (Å²) in [7, 11) is 0. The Bertz CT molecular complexity index is 216. The van der Waals surface area contributed by atoms with Crippen LogP contribution >= 0.6 is 0 Å². The van der Waals surface area contributed by atoms with Crippen molar-refractivity contribution in [2.24, 2.45) is 11.0 Å². The lowest BCUT2D eigenvalue weighted by Crippen LogP contribution is -2.05. The molecule has 0 saturated carbocycles. The predicted octanol–water partition coefficient (Wildman–Crippen LogP) is 1.63. The van der Waals surface area contributed by atoms with E-state index in [0.29, 0.717) is 5.69 Å². The van der Waals surface area contributed by atoms with Gasteiger partial charge in [-0.1, -0.05) is 0 Å². The Balaban J connectivity index is 2.90. The molecule has 1 aromatic carbocycles. The summed E-state index contributed by atoms with van der Waals surface area (Å²) < 4.78 is 0. The average Bonchev–Trinajstić information content (AvgIpc) is 2.05. The maximum Gasteiger partial charge on any atom is 0.0851 e. The summed E-state index contributed by atoms with van der Waals surface area (Å²) in [5.74, 6) is 5.11. The predicted molar refractivity (Wildman–Crippen MR) is 39.1 cm³/mol. The Morgan fingerprint density at radius 2 is 1.90 bits per heavy atom. The standard InChI is InChI=1S/C6H8N4/c7-9-5-1-2-6(10-8)4-3-5/h1-4,7,10H,8H2. The van der Waals surface area contributed by atoms with E-state index in [1.807, 2.05) is 0 Å². The summed E-state index contributed by atoms with van der Waals surface area (Å²) in [4.78, 5) is 0. The molecule has 0 aliphatic heterocycles. The first kappa shape index (κ1) is 6.70. The van der Waals surface area contributed by atoms with Crippen molar-refractivity contribution in [1.29, 1.82) is 5.53 Å². The second-order valence-corrected chi connectivity index (χ2v) is 1.80. The molecule has 0 bridgehead atoms. The van der Waals surface area contributed by atoms with Crippen LogP contribution in [0.4, 0.5) is 11.4 Å². The second kappa shape index (κ2) is 2.93. The summed E-state index contributed by atoms with van der Waals surface area (Å²) in [5.41, 5.74) is 10.6. The molecule has 0 aromatic heterocycles. The zero-order valence-electron chi connectivity index (χ0n) is 5.33. The molecule has 4 N–H and O–H groups in total. The van der Waals surface area contributed by atoms with Crippen LogP contribution in [0, 0.1) is 5.53 Å². The third kappa shape index (κ3) is 1.29. The van der Waals surface area contributed by atoms with Crippen LogP contribution in [-0.4, -0.2) is 0 Å². The number of hydrogen-bond donors (Lipinski definition) is 3. The van der Waals surface area contributed by atoms with E-state index in [1.54, 1.807) is 24.3 Å². The molecule has 0 amide bonds. The van der Waals surface area contributed by atoms with Gasteiger partial charge in [-0.05, 0) is 24.3 Å². The fourth-order valence-corrected chi connectivity index (χ4v) is 0.632. The SMILES string of the molecule is N=Nc1ccc(NN)cc1.